The molecule has 0 saturated heterocycles. The third-order valence-corrected chi connectivity index (χ3v) is 5.98. The van der Waals surface area contributed by atoms with Crippen molar-refractivity contribution in [3.63, 3.8) is 0 Å². The van der Waals surface area contributed by atoms with E-state index in [1.807, 2.05) is 23.5 Å². The van der Waals surface area contributed by atoms with Crippen LogP contribution in [0.15, 0.2) is 36.4 Å². The fourth-order valence-corrected chi connectivity index (χ4v) is 4.66. The van der Waals surface area contributed by atoms with Gasteiger partial charge in [-0.3, -0.25) is 0 Å². The molecule has 0 saturated carbocycles. The van der Waals surface area contributed by atoms with Crippen molar-refractivity contribution in [2.24, 2.45) is 0 Å². The van der Waals surface area contributed by atoms with Gasteiger partial charge in [-0.05, 0) is 47.2 Å². The molecule has 0 fully saturated rings. The smallest absolute Gasteiger partial charge is 0.0190 e. The third kappa shape index (κ3) is 3.24. The summed E-state index contributed by atoms with van der Waals surface area (Å²) in [5, 5.41) is 0. The van der Waals surface area contributed by atoms with Crippen LogP contribution in [0.3, 0.4) is 0 Å². The van der Waals surface area contributed by atoms with Crippen molar-refractivity contribution in [3.8, 4) is 0 Å². The summed E-state index contributed by atoms with van der Waals surface area (Å²) in [7, 11) is 0. The van der Waals surface area contributed by atoms with Crippen LogP contribution in [-0.2, 0) is 23.0 Å². The molecule has 2 aromatic rings. The molecule has 0 amide bonds. The van der Waals surface area contributed by atoms with E-state index < -0.39 is 0 Å². The van der Waals surface area contributed by atoms with E-state index in [-0.39, 0.29) is 0 Å². The predicted octanol–water partition coefficient (Wildman–Crippen LogP) is 5.48. The van der Waals surface area contributed by atoms with Gasteiger partial charge in [-0.1, -0.05) is 36.4 Å². The van der Waals surface area contributed by atoms with Gasteiger partial charge in [0.25, 0.3) is 0 Å². The van der Waals surface area contributed by atoms with Crippen molar-refractivity contribution in [3.05, 3.63) is 69.8 Å². The van der Waals surface area contributed by atoms with E-state index in [0.29, 0.717) is 0 Å². The highest BCUT2D eigenvalue weighted by molar-refractivity contribution is 7.98. The first-order chi connectivity index (χ1) is 9.72. The molecule has 0 atom stereocenters. The highest BCUT2D eigenvalue weighted by atomic mass is 32.2. The van der Waals surface area contributed by atoms with Crippen LogP contribution >= 0.6 is 23.5 Å². The monoisotopic (exact) mass is 300 g/mol. The number of benzene rings is 2. The zero-order chi connectivity index (χ0) is 13.9. The maximum atomic E-state index is 2.39. The molecule has 4 aliphatic rings. The summed E-state index contributed by atoms with van der Waals surface area (Å²) in [6.45, 7) is 4.51. The minimum atomic E-state index is 1.10. The van der Waals surface area contributed by atoms with Gasteiger partial charge >= 0.3 is 0 Å². The second-order valence-electron chi connectivity index (χ2n) is 5.51. The van der Waals surface area contributed by atoms with E-state index in [1.54, 1.807) is 0 Å². The number of hydrogen-bond acceptors (Lipinski definition) is 2. The largest absolute Gasteiger partial charge is 0.152 e. The SMILES string of the molecule is Cc1cc2c(C)cc1CSCc1ccc(cc1)CSC2. The maximum Gasteiger partial charge on any atom is 0.0190 e. The van der Waals surface area contributed by atoms with Crippen molar-refractivity contribution in [2.75, 3.05) is 0 Å². The normalized spacial score (nSPS) is 15.3. The van der Waals surface area contributed by atoms with Crippen LogP contribution in [0.25, 0.3) is 0 Å². The van der Waals surface area contributed by atoms with E-state index in [4.69, 9.17) is 0 Å². The lowest BCUT2D eigenvalue weighted by molar-refractivity contribution is 1.20. The van der Waals surface area contributed by atoms with Crippen molar-refractivity contribution in [2.45, 2.75) is 36.9 Å². The molecule has 4 bridgehead atoms. The lowest BCUT2D eigenvalue weighted by atomic mass is 10.0. The Morgan fingerprint density at radius 2 is 1.05 bits per heavy atom. The van der Waals surface area contributed by atoms with Crippen LogP contribution in [-0.4, -0.2) is 0 Å². The quantitative estimate of drug-likeness (QED) is 0.631. The molecule has 6 rings (SSSR count). The maximum absolute atomic E-state index is 2.39. The summed E-state index contributed by atoms with van der Waals surface area (Å²) in [6.07, 6.45) is 0. The van der Waals surface area contributed by atoms with Crippen LogP contribution < -0.4 is 0 Å². The molecule has 0 nitrogen and oxygen atoms in total. The predicted molar refractivity (Wildman–Crippen MR) is 92.4 cm³/mol. The molecule has 20 heavy (non-hydrogen) atoms. The van der Waals surface area contributed by atoms with Crippen LogP contribution in [0.1, 0.15) is 33.4 Å². The van der Waals surface area contributed by atoms with E-state index in [9.17, 15) is 0 Å². The van der Waals surface area contributed by atoms with Gasteiger partial charge in [0.2, 0.25) is 0 Å². The van der Waals surface area contributed by atoms with Crippen molar-refractivity contribution in [1.29, 1.82) is 0 Å². The first-order valence-electron chi connectivity index (χ1n) is 7.04. The summed E-state index contributed by atoms with van der Waals surface area (Å²) in [5.74, 6) is 4.44. The Morgan fingerprint density at radius 1 is 0.650 bits per heavy atom. The molecule has 4 heterocycles. The second kappa shape index (κ2) is 6.28. The molecule has 4 aliphatic heterocycles. The second-order valence-corrected chi connectivity index (χ2v) is 7.48. The fraction of sp³-hybridized carbons (Fsp3) is 0.333. The highest BCUT2D eigenvalue weighted by Crippen LogP contribution is 2.27. The summed E-state index contributed by atoms with van der Waals surface area (Å²) >= 11 is 4.03. The molecule has 0 N–H and O–H groups in total. The molecule has 0 radical (unpaired) electrons. The minimum absolute atomic E-state index is 1.10. The standard InChI is InChI=1S/C18H20S2/c1-13-7-18-12-20-10-16-5-3-15(4-6-16)9-19-11-17(13)8-14(18)2/h3-8H,9-12H2,1-2H3. The highest BCUT2D eigenvalue weighted by Gasteiger charge is 2.07. The topological polar surface area (TPSA) is 0 Å². The summed E-state index contributed by atoms with van der Waals surface area (Å²) in [4.78, 5) is 0. The molecule has 2 heteroatoms. The van der Waals surface area contributed by atoms with Gasteiger partial charge in [0.1, 0.15) is 0 Å². The summed E-state index contributed by atoms with van der Waals surface area (Å²) in [6, 6.07) is 13.9. The van der Waals surface area contributed by atoms with Crippen LogP contribution in [0.2, 0.25) is 0 Å². The zero-order valence-electron chi connectivity index (χ0n) is 12.1. The van der Waals surface area contributed by atoms with Crippen molar-refractivity contribution < 1.29 is 0 Å². The Bertz CT molecular complexity index is 545. The van der Waals surface area contributed by atoms with Crippen LogP contribution in [0.5, 0.6) is 0 Å². The molecule has 2 aromatic carbocycles. The number of hydrogen-bond donors (Lipinski definition) is 0. The number of thioether (sulfide) groups is 2. The van der Waals surface area contributed by atoms with Crippen molar-refractivity contribution in [1.82, 2.24) is 0 Å². The van der Waals surface area contributed by atoms with E-state index in [2.05, 4.69) is 50.2 Å². The van der Waals surface area contributed by atoms with Crippen molar-refractivity contribution >= 4 is 23.5 Å². The number of aryl methyl sites for hydroxylation is 2. The van der Waals surface area contributed by atoms with Gasteiger partial charge in [-0.25, -0.2) is 0 Å². The Morgan fingerprint density at radius 3 is 1.45 bits per heavy atom. The van der Waals surface area contributed by atoms with Gasteiger partial charge in [0.05, 0.1) is 0 Å². The Kier molecular flexibility index (Phi) is 4.42. The lowest BCUT2D eigenvalue weighted by Crippen LogP contribution is -1.96. The fourth-order valence-electron chi connectivity index (χ4n) is 2.54. The van der Waals surface area contributed by atoms with E-state index >= 15 is 0 Å². The molecular formula is C18H20S2. The Balaban J connectivity index is 1.90. The first kappa shape index (κ1) is 14.1. The first-order valence-corrected chi connectivity index (χ1v) is 9.35. The molecule has 0 aromatic heterocycles. The average molecular weight is 300 g/mol. The third-order valence-electron chi connectivity index (χ3n) is 3.87. The van der Waals surface area contributed by atoms with Gasteiger partial charge < -0.3 is 0 Å². The average Bonchev–Trinajstić information content (AvgIpc) is 2.45. The molecule has 0 spiro atoms. The summed E-state index contributed by atoms with van der Waals surface area (Å²) < 4.78 is 0. The van der Waals surface area contributed by atoms with Gasteiger partial charge in [0, 0.05) is 23.0 Å². The van der Waals surface area contributed by atoms with Gasteiger partial charge in [-0.2, -0.15) is 23.5 Å². The molecule has 104 valence electrons. The van der Waals surface area contributed by atoms with E-state index in [1.165, 1.54) is 33.4 Å². The van der Waals surface area contributed by atoms with Gasteiger partial charge in [0.15, 0.2) is 0 Å². The minimum Gasteiger partial charge on any atom is -0.152 e. The zero-order valence-corrected chi connectivity index (χ0v) is 13.7. The Hall–Kier alpha value is -0.860. The van der Waals surface area contributed by atoms with E-state index in [0.717, 1.165) is 23.0 Å². The Labute approximate surface area is 130 Å². The molecule has 0 unspecified atom stereocenters. The van der Waals surface area contributed by atoms with Gasteiger partial charge in [-0.15, -0.1) is 0 Å². The molecular weight excluding hydrogens is 280 g/mol. The van der Waals surface area contributed by atoms with Crippen LogP contribution in [0.4, 0.5) is 0 Å². The lowest BCUT2D eigenvalue weighted by Gasteiger charge is -2.13. The summed E-state index contributed by atoms with van der Waals surface area (Å²) in [5.41, 5.74) is 8.76. The molecule has 0 aliphatic carbocycles. The number of rotatable bonds is 0. The van der Waals surface area contributed by atoms with Crippen LogP contribution in [0, 0.1) is 13.8 Å².